The average molecular weight is 448 g/mol. The number of hydrogen-bond acceptors (Lipinski definition) is 7. The zero-order chi connectivity index (χ0) is 22.9. The van der Waals surface area contributed by atoms with Crippen molar-refractivity contribution in [1.82, 2.24) is 5.32 Å². The molecule has 2 saturated heterocycles. The average Bonchev–Trinajstić information content (AvgIpc) is 2.69. The molecule has 9 heteroatoms. The van der Waals surface area contributed by atoms with Gasteiger partial charge in [-0.2, -0.15) is 0 Å². The van der Waals surface area contributed by atoms with Crippen LogP contribution in [0.5, 0.6) is 0 Å². The number of amides is 1. The van der Waals surface area contributed by atoms with Crippen molar-refractivity contribution in [1.29, 1.82) is 0 Å². The van der Waals surface area contributed by atoms with Gasteiger partial charge in [-0.1, -0.05) is 0 Å². The fourth-order valence-corrected chi connectivity index (χ4v) is 4.44. The summed E-state index contributed by atoms with van der Waals surface area (Å²) in [4.78, 5) is 25.4. The van der Waals surface area contributed by atoms with Crippen LogP contribution in [0.25, 0.3) is 0 Å². The third kappa shape index (κ3) is 5.32. The van der Waals surface area contributed by atoms with Gasteiger partial charge in [-0.05, 0) is 58.1 Å². The van der Waals surface area contributed by atoms with E-state index in [2.05, 4.69) is 10.2 Å². The van der Waals surface area contributed by atoms with E-state index in [1.807, 2.05) is 26.8 Å². The molecule has 1 amide bonds. The van der Waals surface area contributed by atoms with Gasteiger partial charge in [0.25, 0.3) is 5.69 Å². The molecule has 1 spiro atoms. The fourth-order valence-electron chi connectivity index (χ4n) is 4.44. The molecule has 3 aliphatic rings. The van der Waals surface area contributed by atoms with Crippen molar-refractivity contribution < 1.29 is 23.9 Å². The third-order valence-corrected chi connectivity index (χ3v) is 6.56. The van der Waals surface area contributed by atoms with Crippen molar-refractivity contribution in [3.63, 3.8) is 0 Å². The molecular formula is C23H33N3O6. The van der Waals surface area contributed by atoms with Gasteiger partial charge in [0.15, 0.2) is 0 Å². The van der Waals surface area contributed by atoms with Crippen molar-refractivity contribution in [2.75, 3.05) is 31.2 Å². The number of hydrogen-bond donors (Lipinski definition) is 1. The number of rotatable bonds is 6. The van der Waals surface area contributed by atoms with Gasteiger partial charge in [0.2, 0.25) is 0 Å². The van der Waals surface area contributed by atoms with Gasteiger partial charge in [-0.15, -0.1) is 0 Å². The molecule has 176 valence electrons. The van der Waals surface area contributed by atoms with Crippen LogP contribution >= 0.6 is 0 Å². The number of nitro groups is 1. The maximum absolute atomic E-state index is 12.0. The summed E-state index contributed by atoms with van der Waals surface area (Å²) < 4.78 is 16.7. The number of nitrogens with zero attached hydrogens (tertiary/aromatic N) is 2. The second-order valence-electron chi connectivity index (χ2n) is 10.3. The summed E-state index contributed by atoms with van der Waals surface area (Å²) >= 11 is 0. The summed E-state index contributed by atoms with van der Waals surface area (Å²) in [6, 6.07) is 5.10. The van der Waals surface area contributed by atoms with Crippen molar-refractivity contribution in [3.8, 4) is 0 Å². The maximum atomic E-state index is 12.0. The minimum Gasteiger partial charge on any atom is -0.444 e. The first-order valence-electron chi connectivity index (χ1n) is 11.3. The molecule has 1 N–H and O–H groups in total. The summed E-state index contributed by atoms with van der Waals surface area (Å²) in [6.45, 7) is 9.13. The first-order chi connectivity index (χ1) is 15.1. The highest BCUT2D eigenvalue weighted by molar-refractivity contribution is 5.68. The number of alkyl carbamates (subject to hydrolysis) is 1. The lowest BCUT2D eigenvalue weighted by molar-refractivity contribution is -0.384. The molecule has 3 fully saturated rings. The number of non-ortho nitro benzene ring substituents is 1. The van der Waals surface area contributed by atoms with E-state index in [0.29, 0.717) is 5.41 Å². The number of benzene rings is 1. The molecule has 1 aromatic carbocycles. The minimum absolute atomic E-state index is 0.0744. The molecular weight excluding hydrogens is 414 g/mol. The molecule has 0 aromatic heterocycles. The first-order valence-corrected chi connectivity index (χ1v) is 11.3. The molecule has 0 unspecified atom stereocenters. The van der Waals surface area contributed by atoms with Crippen LogP contribution in [-0.2, 0) is 20.8 Å². The lowest BCUT2D eigenvalue weighted by Gasteiger charge is -2.47. The number of ether oxygens (including phenoxy) is 3. The highest BCUT2D eigenvalue weighted by atomic mass is 16.6. The third-order valence-electron chi connectivity index (χ3n) is 6.56. The van der Waals surface area contributed by atoms with Gasteiger partial charge in [0.1, 0.15) is 5.60 Å². The van der Waals surface area contributed by atoms with E-state index in [1.165, 1.54) is 0 Å². The van der Waals surface area contributed by atoms with Crippen molar-refractivity contribution in [2.24, 2.45) is 5.41 Å². The summed E-state index contributed by atoms with van der Waals surface area (Å²) in [5, 5.41) is 14.4. The van der Waals surface area contributed by atoms with Crippen LogP contribution in [0.3, 0.4) is 0 Å². The maximum Gasteiger partial charge on any atom is 0.407 e. The van der Waals surface area contributed by atoms with Crippen LogP contribution in [-0.4, -0.2) is 55.1 Å². The topological polar surface area (TPSA) is 103 Å². The summed E-state index contributed by atoms with van der Waals surface area (Å²) in [5.41, 5.74) is 1.46. The van der Waals surface area contributed by atoms with E-state index in [0.717, 1.165) is 63.2 Å². The molecule has 0 bridgehead atoms. The molecule has 2 aliphatic heterocycles. The normalized spacial score (nSPS) is 24.4. The number of nitrogens with one attached hydrogen (secondary N) is 1. The highest BCUT2D eigenvalue weighted by Gasteiger charge is 2.41. The minimum atomic E-state index is -0.552. The molecule has 32 heavy (non-hydrogen) atoms. The Morgan fingerprint density at radius 1 is 1.25 bits per heavy atom. The predicted octanol–water partition coefficient (Wildman–Crippen LogP) is 3.78. The molecule has 1 saturated carbocycles. The summed E-state index contributed by atoms with van der Waals surface area (Å²) in [5.74, 6) is 0. The number of carbonyl (C=O) groups is 1. The van der Waals surface area contributed by atoms with Gasteiger partial charge in [0.05, 0.1) is 36.9 Å². The largest absolute Gasteiger partial charge is 0.444 e. The van der Waals surface area contributed by atoms with Crippen LogP contribution < -0.4 is 10.2 Å². The van der Waals surface area contributed by atoms with Gasteiger partial charge in [-0.25, -0.2) is 4.79 Å². The smallest absolute Gasteiger partial charge is 0.407 e. The SMILES string of the molecule is CC(C)(C)OC(=O)N[C@@H]1CC[C@H]1OCc1cc(N2CCC3(CC2)COC3)cc([N+](=O)[O-])c1. The monoisotopic (exact) mass is 447 g/mol. The molecule has 1 aliphatic carbocycles. The molecule has 0 radical (unpaired) electrons. The number of carbonyl (C=O) groups excluding carboxylic acids is 1. The van der Waals surface area contributed by atoms with E-state index in [1.54, 1.807) is 12.1 Å². The van der Waals surface area contributed by atoms with Crippen LogP contribution in [0.15, 0.2) is 18.2 Å². The Morgan fingerprint density at radius 2 is 1.97 bits per heavy atom. The summed E-state index contributed by atoms with van der Waals surface area (Å²) in [6.07, 6.45) is 3.16. The lowest BCUT2D eigenvalue weighted by atomic mass is 9.77. The van der Waals surface area contributed by atoms with Gasteiger partial charge in [-0.3, -0.25) is 10.1 Å². The number of anilines is 1. The summed E-state index contributed by atoms with van der Waals surface area (Å²) in [7, 11) is 0. The van der Waals surface area contributed by atoms with E-state index >= 15 is 0 Å². The number of piperidine rings is 1. The lowest BCUT2D eigenvalue weighted by Crippen LogP contribution is -2.52. The second-order valence-corrected chi connectivity index (χ2v) is 10.3. The quantitative estimate of drug-likeness (QED) is 0.523. The zero-order valence-corrected chi connectivity index (χ0v) is 19.1. The van der Waals surface area contributed by atoms with Crippen molar-refractivity contribution in [2.45, 2.75) is 70.8 Å². The Labute approximate surface area is 188 Å². The van der Waals surface area contributed by atoms with Gasteiger partial charge < -0.3 is 24.4 Å². The second kappa shape index (κ2) is 8.86. The van der Waals surface area contributed by atoms with Crippen LogP contribution in [0.1, 0.15) is 52.0 Å². The molecule has 2 heterocycles. The van der Waals surface area contributed by atoms with E-state index < -0.39 is 11.7 Å². The van der Waals surface area contributed by atoms with Gasteiger partial charge in [0, 0.05) is 36.3 Å². The molecule has 2 atom stereocenters. The molecule has 9 nitrogen and oxygen atoms in total. The van der Waals surface area contributed by atoms with E-state index in [9.17, 15) is 14.9 Å². The van der Waals surface area contributed by atoms with Crippen molar-refractivity contribution >= 4 is 17.5 Å². The number of nitro benzene ring substituents is 1. The standard InChI is InChI=1S/C23H33N3O6/c1-22(2,3)32-21(27)24-19-4-5-20(19)31-13-16-10-17(12-18(11-16)26(28)29)25-8-6-23(7-9-25)14-30-15-23/h10-12,19-20H,4-9,13-15H2,1-3H3,(H,24,27)/t19-,20-/m1/s1. The Kier molecular flexibility index (Phi) is 6.31. The fraction of sp³-hybridized carbons (Fsp3) is 0.696. The van der Waals surface area contributed by atoms with Crippen LogP contribution in [0.2, 0.25) is 0 Å². The highest BCUT2D eigenvalue weighted by Crippen LogP contribution is 2.40. The van der Waals surface area contributed by atoms with Crippen LogP contribution in [0, 0.1) is 15.5 Å². The molecule has 4 rings (SSSR count). The Hall–Kier alpha value is -2.39. The van der Waals surface area contributed by atoms with Crippen molar-refractivity contribution in [3.05, 3.63) is 33.9 Å². The zero-order valence-electron chi connectivity index (χ0n) is 19.1. The molecule has 1 aromatic rings. The Balaban J connectivity index is 1.36. The van der Waals surface area contributed by atoms with E-state index in [4.69, 9.17) is 14.2 Å². The van der Waals surface area contributed by atoms with E-state index in [-0.39, 0.29) is 29.4 Å². The van der Waals surface area contributed by atoms with Crippen LogP contribution in [0.4, 0.5) is 16.2 Å². The first kappa shape index (κ1) is 22.8. The Morgan fingerprint density at radius 3 is 2.50 bits per heavy atom. The predicted molar refractivity (Wildman–Crippen MR) is 119 cm³/mol. The van der Waals surface area contributed by atoms with Gasteiger partial charge >= 0.3 is 6.09 Å². The Bertz CT molecular complexity index is 854.